The molecular formula is C17H21NO5. The predicted molar refractivity (Wildman–Crippen MR) is 83.5 cm³/mol. The van der Waals surface area contributed by atoms with Gasteiger partial charge in [0.1, 0.15) is 12.7 Å². The Hall–Kier alpha value is -2.34. The van der Waals surface area contributed by atoms with Crippen molar-refractivity contribution < 1.29 is 24.2 Å². The number of aliphatic hydroxyl groups is 1. The van der Waals surface area contributed by atoms with Crippen LogP contribution < -0.4 is 5.32 Å². The second-order valence-electron chi connectivity index (χ2n) is 5.44. The van der Waals surface area contributed by atoms with E-state index in [1.54, 1.807) is 12.2 Å². The summed E-state index contributed by atoms with van der Waals surface area (Å²) in [5, 5.41) is 12.8. The first-order chi connectivity index (χ1) is 11.0. The molecule has 1 aromatic rings. The topological polar surface area (TPSA) is 84.9 Å². The van der Waals surface area contributed by atoms with E-state index in [2.05, 4.69) is 5.32 Å². The zero-order chi connectivity index (χ0) is 16.7. The van der Waals surface area contributed by atoms with Crippen molar-refractivity contribution in [2.75, 3.05) is 0 Å². The van der Waals surface area contributed by atoms with E-state index in [1.807, 2.05) is 30.3 Å². The normalized spacial score (nSPS) is 23.7. The van der Waals surface area contributed by atoms with E-state index < -0.39 is 24.3 Å². The van der Waals surface area contributed by atoms with Crippen LogP contribution in [0.3, 0.4) is 0 Å². The van der Waals surface area contributed by atoms with Crippen LogP contribution in [0, 0.1) is 0 Å². The van der Waals surface area contributed by atoms with Crippen molar-refractivity contribution >= 4 is 12.1 Å². The summed E-state index contributed by atoms with van der Waals surface area (Å²) in [5.74, 6) is -0.451. The predicted octanol–water partition coefficient (Wildman–Crippen LogP) is 1.92. The van der Waals surface area contributed by atoms with E-state index in [9.17, 15) is 14.7 Å². The summed E-state index contributed by atoms with van der Waals surface area (Å²) in [7, 11) is 0. The minimum Gasteiger partial charge on any atom is -0.456 e. The fourth-order valence-corrected chi connectivity index (χ4v) is 2.39. The number of rotatable bonds is 4. The average Bonchev–Trinajstić information content (AvgIpc) is 2.68. The molecule has 0 saturated heterocycles. The highest BCUT2D eigenvalue weighted by Crippen LogP contribution is 2.16. The number of benzene rings is 1. The molecule has 3 atom stereocenters. The molecule has 0 saturated carbocycles. The van der Waals surface area contributed by atoms with Crippen LogP contribution in [0.2, 0.25) is 0 Å². The molecule has 6 nitrogen and oxygen atoms in total. The molecule has 2 N–H and O–H groups in total. The highest BCUT2D eigenvalue weighted by molar-refractivity contribution is 5.67. The molecule has 0 bridgehead atoms. The van der Waals surface area contributed by atoms with Crippen molar-refractivity contribution in [3.63, 3.8) is 0 Å². The minimum absolute atomic E-state index is 0.188. The average molecular weight is 319 g/mol. The van der Waals surface area contributed by atoms with Gasteiger partial charge in [-0.2, -0.15) is 0 Å². The molecule has 1 aliphatic rings. The SMILES string of the molecule is CC(=O)O[C@H]1C=CC[C@H](NC(=O)OCc2ccccc2)C[C@@H]1O. The molecule has 1 aliphatic carbocycles. The van der Waals surface area contributed by atoms with Gasteiger partial charge in [0.2, 0.25) is 0 Å². The number of esters is 1. The van der Waals surface area contributed by atoms with E-state index in [0.717, 1.165) is 5.56 Å². The van der Waals surface area contributed by atoms with Gasteiger partial charge in [0, 0.05) is 13.0 Å². The van der Waals surface area contributed by atoms with Crippen LogP contribution in [0.15, 0.2) is 42.5 Å². The van der Waals surface area contributed by atoms with E-state index in [4.69, 9.17) is 9.47 Å². The van der Waals surface area contributed by atoms with Gasteiger partial charge in [-0.25, -0.2) is 4.79 Å². The van der Waals surface area contributed by atoms with Crippen molar-refractivity contribution in [2.45, 2.75) is 44.6 Å². The molecule has 2 rings (SSSR count). The number of nitrogens with one attached hydrogen (secondary N) is 1. The summed E-state index contributed by atoms with van der Waals surface area (Å²) < 4.78 is 10.2. The summed E-state index contributed by atoms with van der Waals surface area (Å²) in [6, 6.07) is 9.10. The number of hydrogen-bond acceptors (Lipinski definition) is 5. The summed E-state index contributed by atoms with van der Waals surface area (Å²) in [6.45, 7) is 1.48. The molecule has 1 amide bonds. The van der Waals surface area contributed by atoms with Gasteiger partial charge < -0.3 is 19.9 Å². The van der Waals surface area contributed by atoms with Gasteiger partial charge in [-0.3, -0.25) is 4.79 Å². The molecule has 0 unspecified atom stereocenters. The molecule has 124 valence electrons. The zero-order valence-corrected chi connectivity index (χ0v) is 13.0. The number of hydrogen-bond donors (Lipinski definition) is 2. The summed E-state index contributed by atoms with van der Waals surface area (Å²) in [4.78, 5) is 22.8. The summed E-state index contributed by atoms with van der Waals surface area (Å²) >= 11 is 0. The quantitative estimate of drug-likeness (QED) is 0.654. The number of aliphatic hydroxyl groups excluding tert-OH is 1. The Morgan fingerprint density at radius 1 is 1.30 bits per heavy atom. The number of ether oxygens (including phenoxy) is 2. The fourth-order valence-electron chi connectivity index (χ4n) is 2.39. The van der Waals surface area contributed by atoms with Crippen molar-refractivity contribution in [3.05, 3.63) is 48.0 Å². The van der Waals surface area contributed by atoms with Crippen LogP contribution in [0.5, 0.6) is 0 Å². The third kappa shape index (κ3) is 5.75. The smallest absolute Gasteiger partial charge is 0.407 e. The van der Waals surface area contributed by atoms with Gasteiger partial charge in [0.05, 0.1) is 6.10 Å². The summed E-state index contributed by atoms with van der Waals surface area (Å²) in [5.41, 5.74) is 0.901. The molecule has 0 spiro atoms. The molecular weight excluding hydrogens is 298 g/mol. The maximum atomic E-state index is 11.8. The number of alkyl carbamates (subject to hydrolysis) is 1. The minimum atomic E-state index is -0.864. The van der Waals surface area contributed by atoms with Crippen LogP contribution in [-0.4, -0.2) is 35.4 Å². The third-order valence-corrected chi connectivity index (χ3v) is 3.49. The van der Waals surface area contributed by atoms with E-state index in [-0.39, 0.29) is 19.1 Å². The van der Waals surface area contributed by atoms with Crippen LogP contribution in [0.4, 0.5) is 4.79 Å². The lowest BCUT2D eigenvalue weighted by Gasteiger charge is -2.22. The number of carbonyl (C=O) groups is 2. The second kappa shape index (κ2) is 8.33. The van der Waals surface area contributed by atoms with Crippen molar-refractivity contribution in [1.82, 2.24) is 5.32 Å². The molecule has 23 heavy (non-hydrogen) atoms. The van der Waals surface area contributed by atoms with Crippen LogP contribution in [0.1, 0.15) is 25.3 Å². The lowest BCUT2D eigenvalue weighted by molar-refractivity contribution is -0.149. The van der Waals surface area contributed by atoms with E-state index >= 15 is 0 Å². The van der Waals surface area contributed by atoms with Crippen molar-refractivity contribution in [2.24, 2.45) is 0 Å². The lowest BCUT2D eigenvalue weighted by Crippen LogP contribution is -2.39. The van der Waals surface area contributed by atoms with Crippen LogP contribution >= 0.6 is 0 Å². The Morgan fingerprint density at radius 2 is 2.04 bits per heavy atom. The van der Waals surface area contributed by atoms with Gasteiger partial charge in [-0.15, -0.1) is 0 Å². The Balaban J connectivity index is 1.80. The first-order valence-corrected chi connectivity index (χ1v) is 7.53. The maximum absolute atomic E-state index is 11.8. The maximum Gasteiger partial charge on any atom is 0.407 e. The lowest BCUT2D eigenvalue weighted by atomic mass is 10.1. The number of amides is 1. The molecule has 0 radical (unpaired) electrons. The Morgan fingerprint density at radius 3 is 2.74 bits per heavy atom. The fraction of sp³-hybridized carbons (Fsp3) is 0.412. The molecule has 1 aromatic carbocycles. The first kappa shape index (κ1) is 17.0. The van der Waals surface area contributed by atoms with Gasteiger partial charge >= 0.3 is 12.1 Å². The Labute approximate surface area is 135 Å². The second-order valence-corrected chi connectivity index (χ2v) is 5.44. The monoisotopic (exact) mass is 319 g/mol. The molecule has 0 aromatic heterocycles. The van der Waals surface area contributed by atoms with E-state index in [0.29, 0.717) is 6.42 Å². The first-order valence-electron chi connectivity index (χ1n) is 7.53. The summed E-state index contributed by atoms with van der Waals surface area (Å²) in [6.07, 6.45) is 2.16. The highest BCUT2D eigenvalue weighted by atomic mass is 16.6. The molecule has 0 heterocycles. The molecule has 0 fully saturated rings. The van der Waals surface area contributed by atoms with E-state index in [1.165, 1.54) is 6.92 Å². The van der Waals surface area contributed by atoms with Gasteiger partial charge in [0.15, 0.2) is 0 Å². The Kier molecular flexibility index (Phi) is 6.17. The molecule has 6 heteroatoms. The van der Waals surface area contributed by atoms with Crippen LogP contribution in [0.25, 0.3) is 0 Å². The van der Waals surface area contributed by atoms with Crippen molar-refractivity contribution in [1.29, 1.82) is 0 Å². The van der Waals surface area contributed by atoms with Gasteiger partial charge in [-0.1, -0.05) is 36.4 Å². The standard InChI is InChI=1S/C17H21NO5/c1-12(19)23-16-9-5-8-14(10-15(16)20)18-17(21)22-11-13-6-3-2-4-7-13/h2-7,9,14-16,20H,8,10-11H2,1H3,(H,18,21)/t14-,15-,16-/m0/s1. The zero-order valence-electron chi connectivity index (χ0n) is 13.0. The highest BCUT2D eigenvalue weighted by Gasteiger charge is 2.26. The Bertz CT molecular complexity index is 557. The van der Waals surface area contributed by atoms with Crippen LogP contribution in [-0.2, 0) is 20.9 Å². The van der Waals surface area contributed by atoms with Gasteiger partial charge in [0.25, 0.3) is 0 Å². The third-order valence-electron chi connectivity index (χ3n) is 3.49. The van der Waals surface area contributed by atoms with Gasteiger partial charge in [-0.05, 0) is 24.5 Å². The number of carbonyl (C=O) groups excluding carboxylic acids is 2. The van der Waals surface area contributed by atoms with Crippen molar-refractivity contribution in [3.8, 4) is 0 Å². The molecule has 0 aliphatic heterocycles. The largest absolute Gasteiger partial charge is 0.456 e.